The van der Waals surface area contributed by atoms with Crippen molar-refractivity contribution in [3.05, 3.63) is 41.0 Å². The van der Waals surface area contributed by atoms with Crippen LogP contribution in [-0.2, 0) is 9.53 Å². The molecule has 2 aliphatic rings. The van der Waals surface area contributed by atoms with Crippen LogP contribution in [0.4, 0.5) is 13.2 Å². The Kier molecular flexibility index (Phi) is 2.37. The van der Waals surface area contributed by atoms with Gasteiger partial charge < -0.3 is 14.6 Å². The summed E-state index contributed by atoms with van der Waals surface area (Å²) >= 11 is 0. The second kappa shape index (κ2) is 3.74. The van der Waals surface area contributed by atoms with Gasteiger partial charge in [-0.05, 0) is 17.7 Å². The predicted molar refractivity (Wildman–Crippen MR) is 55.4 cm³/mol. The molecule has 1 N–H and O–H groups in total. The lowest BCUT2D eigenvalue weighted by atomic mass is 9.91. The molecule has 0 saturated carbocycles. The Labute approximate surface area is 105 Å². The van der Waals surface area contributed by atoms with Crippen LogP contribution in [0.2, 0.25) is 0 Å². The fraction of sp³-hybridized carbons (Fsp3) is 0.250. The van der Waals surface area contributed by atoms with Crippen LogP contribution in [-0.4, -0.2) is 17.4 Å². The first-order chi connectivity index (χ1) is 8.87. The van der Waals surface area contributed by atoms with E-state index in [4.69, 9.17) is 9.84 Å². The molecule has 19 heavy (non-hydrogen) atoms. The summed E-state index contributed by atoms with van der Waals surface area (Å²) in [4.78, 5) is 11.0. The maximum Gasteiger partial charge on any atom is 0.573 e. The van der Waals surface area contributed by atoms with Crippen molar-refractivity contribution < 1.29 is 32.5 Å². The van der Waals surface area contributed by atoms with Crippen LogP contribution in [0.3, 0.4) is 0 Å². The van der Waals surface area contributed by atoms with Crippen molar-refractivity contribution in [2.24, 2.45) is 0 Å². The van der Waals surface area contributed by atoms with Gasteiger partial charge in [-0.3, -0.25) is 0 Å². The molecule has 0 amide bonds. The van der Waals surface area contributed by atoms with Crippen molar-refractivity contribution in [1.82, 2.24) is 0 Å². The largest absolute Gasteiger partial charge is 0.573 e. The van der Waals surface area contributed by atoms with Crippen molar-refractivity contribution in [3.8, 4) is 5.75 Å². The molecule has 1 aromatic carbocycles. The molecule has 7 heteroatoms. The summed E-state index contributed by atoms with van der Waals surface area (Å²) in [6, 6.07) is 4.16. The topological polar surface area (TPSA) is 55.8 Å². The van der Waals surface area contributed by atoms with Crippen molar-refractivity contribution >= 4 is 5.97 Å². The van der Waals surface area contributed by atoms with Crippen LogP contribution in [0, 0.1) is 0 Å². The molecule has 1 aromatic rings. The number of carboxylic acid groups (broad SMARTS) is 1. The van der Waals surface area contributed by atoms with E-state index in [-0.39, 0.29) is 11.1 Å². The smallest absolute Gasteiger partial charge is 0.478 e. The standard InChI is InChI=1S/C12H7F3O4/c13-12(14,15)19-7-3-1-2-5-8-4-6(11(16)17)10(18-8)9(5)7/h1-4,8,10H,(H,16,17)/t8-,10+/m1/s1. The number of fused-ring (bicyclic) bond motifs is 5. The maximum absolute atomic E-state index is 12.3. The molecule has 2 bridgehead atoms. The van der Waals surface area contributed by atoms with E-state index in [9.17, 15) is 18.0 Å². The van der Waals surface area contributed by atoms with Crippen LogP contribution in [0.25, 0.3) is 0 Å². The molecule has 0 spiro atoms. The van der Waals surface area contributed by atoms with Gasteiger partial charge in [0.05, 0.1) is 5.57 Å². The molecular weight excluding hydrogens is 265 g/mol. The van der Waals surface area contributed by atoms with Gasteiger partial charge in [0.1, 0.15) is 18.0 Å². The van der Waals surface area contributed by atoms with Crippen molar-refractivity contribution in [2.45, 2.75) is 18.6 Å². The van der Waals surface area contributed by atoms with Crippen molar-refractivity contribution in [1.29, 1.82) is 0 Å². The molecule has 2 heterocycles. The van der Waals surface area contributed by atoms with E-state index in [1.54, 1.807) is 6.07 Å². The Balaban J connectivity index is 2.05. The van der Waals surface area contributed by atoms with Crippen LogP contribution < -0.4 is 4.74 Å². The molecule has 0 radical (unpaired) electrons. The lowest BCUT2D eigenvalue weighted by Gasteiger charge is -2.17. The van der Waals surface area contributed by atoms with Gasteiger partial charge in [-0.15, -0.1) is 13.2 Å². The molecule has 0 aliphatic carbocycles. The number of halogens is 3. The van der Waals surface area contributed by atoms with Gasteiger partial charge in [-0.2, -0.15) is 0 Å². The van der Waals surface area contributed by atoms with Gasteiger partial charge in [0.15, 0.2) is 0 Å². The van der Waals surface area contributed by atoms with Crippen LogP contribution >= 0.6 is 0 Å². The van der Waals surface area contributed by atoms with Gasteiger partial charge >= 0.3 is 12.3 Å². The molecule has 2 aliphatic heterocycles. The van der Waals surface area contributed by atoms with Crippen LogP contribution in [0.5, 0.6) is 5.75 Å². The number of rotatable bonds is 2. The third kappa shape index (κ3) is 1.86. The highest BCUT2D eigenvalue weighted by Crippen LogP contribution is 2.53. The summed E-state index contributed by atoms with van der Waals surface area (Å²) in [5.74, 6) is -1.62. The molecule has 3 rings (SSSR count). The summed E-state index contributed by atoms with van der Waals surface area (Å²) in [6.45, 7) is 0. The second-order valence-electron chi connectivity index (χ2n) is 4.17. The van der Waals surface area contributed by atoms with E-state index in [0.29, 0.717) is 5.56 Å². The van der Waals surface area contributed by atoms with E-state index < -0.39 is 30.3 Å². The predicted octanol–water partition coefficient (Wildman–Crippen LogP) is 2.72. The molecule has 0 saturated heterocycles. The zero-order valence-electron chi connectivity index (χ0n) is 9.27. The second-order valence-corrected chi connectivity index (χ2v) is 4.17. The number of aliphatic carboxylic acids is 1. The van der Waals surface area contributed by atoms with Gasteiger partial charge in [-0.1, -0.05) is 12.1 Å². The zero-order valence-corrected chi connectivity index (χ0v) is 9.27. The number of ether oxygens (including phenoxy) is 2. The molecule has 100 valence electrons. The fourth-order valence-corrected chi connectivity index (χ4v) is 2.38. The Morgan fingerprint density at radius 3 is 2.74 bits per heavy atom. The number of alkyl halides is 3. The number of hydrogen-bond donors (Lipinski definition) is 1. The third-order valence-electron chi connectivity index (χ3n) is 3.04. The number of carbonyl (C=O) groups is 1. The first-order valence-corrected chi connectivity index (χ1v) is 5.36. The average molecular weight is 272 g/mol. The normalized spacial score (nSPS) is 24.1. The minimum atomic E-state index is -4.83. The number of hydrogen-bond acceptors (Lipinski definition) is 3. The average Bonchev–Trinajstić information content (AvgIpc) is 2.85. The van der Waals surface area contributed by atoms with Gasteiger partial charge in [0, 0.05) is 5.56 Å². The summed E-state index contributed by atoms with van der Waals surface area (Å²) in [5.41, 5.74) is 0.595. The molecule has 0 fully saturated rings. The Bertz CT molecular complexity index is 591. The maximum atomic E-state index is 12.3. The lowest BCUT2D eigenvalue weighted by Crippen LogP contribution is -2.19. The summed E-state index contributed by atoms with van der Waals surface area (Å²) < 4.78 is 46.2. The summed E-state index contributed by atoms with van der Waals surface area (Å²) in [7, 11) is 0. The van der Waals surface area contributed by atoms with E-state index in [2.05, 4.69) is 4.74 Å². The Hall–Kier alpha value is -2.02. The van der Waals surface area contributed by atoms with E-state index in [1.807, 2.05) is 0 Å². The summed E-state index contributed by atoms with van der Waals surface area (Å²) in [6.07, 6.45) is -5.06. The SMILES string of the molecule is O=C(O)C1=C[C@H]2O[C@@H]1c1c(OC(F)(F)F)cccc12. The van der Waals surface area contributed by atoms with Crippen LogP contribution in [0.15, 0.2) is 29.8 Å². The van der Waals surface area contributed by atoms with Gasteiger partial charge in [0.2, 0.25) is 0 Å². The van der Waals surface area contributed by atoms with E-state index in [0.717, 1.165) is 6.07 Å². The zero-order chi connectivity index (χ0) is 13.8. The number of carboxylic acids is 1. The third-order valence-corrected chi connectivity index (χ3v) is 3.04. The highest BCUT2D eigenvalue weighted by molar-refractivity contribution is 5.90. The minimum Gasteiger partial charge on any atom is -0.478 e. The molecule has 2 atom stereocenters. The monoisotopic (exact) mass is 272 g/mol. The molecule has 0 unspecified atom stereocenters. The molecular formula is C12H7F3O4. The number of benzene rings is 1. The van der Waals surface area contributed by atoms with E-state index >= 15 is 0 Å². The van der Waals surface area contributed by atoms with Crippen molar-refractivity contribution in [3.63, 3.8) is 0 Å². The first kappa shape index (κ1) is 12.0. The molecule has 0 aromatic heterocycles. The first-order valence-electron chi connectivity index (χ1n) is 5.36. The van der Waals surface area contributed by atoms with E-state index in [1.165, 1.54) is 12.1 Å². The molecule has 4 nitrogen and oxygen atoms in total. The van der Waals surface area contributed by atoms with Gasteiger partial charge in [-0.25, -0.2) is 4.79 Å². The lowest BCUT2D eigenvalue weighted by molar-refractivity contribution is -0.275. The summed E-state index contributed by atoms with van der Waals surface area (Å²) in [5, 5.41) is 8.97. The Morgan fingerprint density at radius 1 is 1.37 bits per heavy atom. The highest BCUT2D eigenvalue weighted by atomic mass is 19.4. The fourth-order valence-electron chi connectivity index (χ4n) is 2.38. The van der Waals surface area contributed by atoms with Gasteiger partial charge in [0.25, 0.3) is 0 Å². The van der Waals surface area contributed by atoms with Crippen LogP contribution in [0.1, 0.15) is 23.3 Å². The minimum absolute atomic E-state index is 0.0595. The van der Waals surface area contributed by atoms with Crippen molar-refractivity contribution in [2.75, 3.05) is 0 Å². The quantitative estimate of drug-likeness (QED) is 0.899. The highest BCUT2D eigenvalue weighted by Gasteiger charge is 2.45. The Morgan fingerprint density at radius 2 is 2.11 bits per heavy atom.